The van der Waals surface area contributed by atoms with Gasteiger partial charge in [-0.05, 0) is 42.2 Å². The van der Waals surface area contributed by atoms with Crippen LogP contribution in [0.1, 0.15) is 27.9 Å². The molecule has 2 aromatic rings. The van der Waals surface area contributed by atoms with Gasteiger partial charge in [-0.2, -0.15) is 0 Å². The molecular formula is C16H18N4O. The molecule has 1 aromatic heterocycles. The number of pyridine rings is 1. The minimum Gasteiger partial charge on any atom is -0.334 e. The molecule has 0 unspecified atom stereocenters. The van der Waals surface area contributed by atoms with Gasteiger partial charge in [-0.3, -0.25) is 4.79 Å². The third-order valence-electron chi connectivity index (χ3n) is 3.75. The van der Waals surface area contributed by atoms with Crippen LogP contribution in [0.4, 0.5) is 5.82 Å². The van der Waals surface area contributed by atoms with Gasteiger partial charge in [-0.1, -0.05) is 18.2 Å². The van der Waals surface area contributed by atoms with Crippen LogP contribution < -0.4 is 11.3 Å². The smallest absolute Gasteiger partial charge is 0.254 e. The van der Waals surface area contributed by atoms with Crippen LogP contribution in [-0.4, -0.2) is 22.3 Å². The Morgan fingerprint density at radius 2 is 2.14 bits per heavy atom. The maximum Gasteiger partial charge on any atom is 0.254 e. The lowest BCUT2D eigenvalue weighted by molar-refractivity contribution is 0.0749. The number of hydrogen-bond donors (Lipinski definition) is 2. The van der Waals surface area contributed by atoms with Crippen LogP contribution in [-0.2, 0) is 13.0 Å². The molecular weight excluding hydrogens is 264 g/mol. The number of nitrogen functional groups attached to an aromatic ring is 1. The second-order valence-corrected chi connectivity index (χ2v) is 5.18. The van der Waals surface area contributed by atoms with Gasteiger partial charge >= 0.3 is 0 Å². The average Bonchev–Trinajstić information content (AvgIpc) is 2.68. The number of hydrogen-bond acceptors (Lipinski definition) is 4. The highest BCUT2D eigenvalue weighted by molar-refractivity contribution is 5.96. The number of carbonyl (C=O) groups is 1. The van der Waals surface area contributed by atoms with Gasteiger partial charge in [0.05, 0.1) is 0 Å². The average molecular weight is 282 g/mol. The summed E-state index contributed by atoms with van der Waals surface area (Å²) in [5, 5.41) is 0. The highest BCUT2D eigenvalue weighted by Gasteiger charge is 2.21. The molecule has 21 heavy (non-hydrogen) atoms. The number of rotatable bonds is 3. The van der Waals surface area contributed by atoms with E-state index in [1.54, 1.807) is 6.20 Å². The molecule has 0 atom stereocenters. The number of anilines is 1. The molecule has 1 aromatic carbocycles. The van der Waals surface area contributed by atoms with Gasteiger partial charge in [-0.25, -0.2) is 10.8 Å². The summed E-state index contributed by atoms with van der Waals surface area (Å²) >= 11 is 0. The van der Waals surface area contributed by atoms with E-state index in [0.717, 1.165) is 36.1 Å². The lowest BCUT2D eigenvalue weighted by atomic mass is 10.0. The number of fused-ring (bicyclic) bond motifs is 1. The van der Waals surface area contributed by atoms with Crippen molar-refractivity contribution in [1.82, 2.24) is 9.88 Å². The molecule has 3 N–H and O–H groups in total. The molecule has 0 aliphatic carbocycles. The Labute approximate surface area is 123 Å². The lowest BCUT2D eigenvalue weighted by Crippen LogP contribution is -2.30. The van der Waals surface area contributed by atoms with Gasteiger partial charge in [0.15, 0.2) is 0 Å². The first-order chi connectivity index (χ1) is 10.3. The molecule has 2 heterocycles. The Kier molecular flexibility index (Phi) is 3.83. The first-order valence-electron chi connectivity index (χ1n) is 7.06. The van der Waals surface area contributed by atoms with Gasteiger partial charge < -0.3 is 10.3 Å². The zero-order valence-corrected chi connectivity index (χ0v) is 11.7. The Hall–Kier alpha value is -2.40. The topological polar surface area (TPSA) is 71.2 Å². The highest BCUT2D eigenvalue weighted by atomic mass is 16.2. The molecule has 3 rings (SSSR count). The van der Waals surface area contributed by atoms with Crippen molar-refractivity contribution in [2.24, 2.45) is 5.84 Å². The fourth-order valence-corrected chi connectivity index (χ4v) is 2.70. The van der Waals surface area contributed by atoms with E-state index in [0.29, 0.717) is 12.4 Å². The van der Waals surface area contributed by atoms with Crippen molar-refractivity contribution in [2.45, 2.75) is 19.4 Å². The van der Waals surface area contributed by atoms with Crippen molar-refractivity contribution in [3.63, 3.8) is 0 Å². The predicted octanol–water partition coefficient (Wildman–Crippen LogP) is 1.96. The summed E-state index contributed by atoms with van der Waals surface area (Å²) in [5.74, 6) is 6.08. The fourth-order valence-electron chi connectivity index (χ4n) is 2.70. The second kappa shape index (κ2) is 5.93. The number of hydrazine groups is 1. The van der Waals surface area contributed by atoms with E-state index in [-0.39, 0.29) is 5.91 Å². The molecule has 5 nitrogen and oxygen atoms in total. The van der Waals surface area contributed by atoms with Crippen molar-refractivity contribution in [2.75, 3.05) is 12.0 Å². The largest absolute Gasteiger partial charge is 0.334 e. The van der Waals surface area contributed by atoms with Crippen molar-refractivity contribution in [1.29, 1.82) is 0 Å². The van der Waals surface area contributed by atoms with Crippen LogP contribution in [0.5, 0.6) is 0 Å². The summed E-state index contributed by atoms with van der Waals surface area (Å²) in [6, 6.07) is 11.6. The first-order valence-corrected chi connectivity index (χ1v) is 7.06. The van der Waals surface area contributed by atoms with Crippen LogP contribution in [0.3, 0.4) is 0 Å². The normalized spacial score (nSPS) is 14.5. The monoisotopic (exact) mass is 282 g/mol. The lowest BCUT2D eigenvalue weighted by Gasteiger charge is -2.21. The van der Waals surface area contributed by atoms with Gasteiger partial charge in [0, 0.05) is 24.8 Å². The number of nitrogens with two attached hydrogens (primary N) is 1. The van der Waals surface area contributed by atoms with Gasteiger partial charge in [0.25, 0.3) is 5.91 Å². The molecule has 1 aliphatic rings. The maximum absolute atomic E-state index is 12.7. The minimum atomic E-state index is 0.0992. The molecule has 0 bridgehead atoms. The molecule has 0 spiro atoms. The Balaban J connectivity index is 1.84. The van der Waals surface area contributed by atoms with E-state index in [1.165, 1.54) is 0 Å². The van der Waals surface area contributed by atoms with Gasteiger partial charge in [0.1, 0.15) is 5.82 Å². The number of aromatic nitrogens is 1. The standard InChI is InChI=1S/C16H18N4O/c17-19-15-10-12(7-8-18-15)11-20-9-3-5-13-4-1-2-6-14(13)16(20)21/h1-2,4,6-8,10H,3,5,9,11,17H2,(H,18,19). The quantitative estimate of drug-likeness (QED) is 0.667. The first kappa shape index (κ1) is 13.6. The Morgan fingerprint density at radius 3 is 3.00 bits per heavy atom. The number of aryl methyl sites for hydroxylation is 1. The number of nitrogens with one attached hydrogen (secondary N) is 1. The molecule has 0 radical (unpaired) electrons. The third kappa shape index (κ3) is 2.87. The highest BCUT2D eigenvalue weighted by Crippen LogP contribution is 2.20. The molecule has 0 fully saturated rings. The molecule has 1 amide bonds. The van der Waals surface area contributed by atoms with Crippen LogP contribution in [0.15, 0.2) is 42.6 Å². The van der Waals surface area contributed by atoms with Crippen LogP contribution in [0.2, 0.25) is 0 Å². The number of benzene rings is 1. The molecule has 0 saturated carbocycles. The Morgan fingerprint density at radius 1 is 1.29 bits per heavy atom. The van der Waals surface area contributed by atoms with Crippen LogP contribution in [0.25, 0.3) is 0 Å². The van der Waals surface area contributed by atoms with Crippen LogP contribution >= 0.6 is 0 Å². The van der Waals surface area contributed by atoms with Gasteiger partial charge in [0.2, 0.25) is 0 Å². The molecule has 5 heteroatoms. The number of amides is 1. The van der Waals surface area contributed by atoms with E-state index in [9.17, 15) is 4.79 Å². The number of carbonyl (C=O) groups excluding carboxylic acids is 1. The fraction of sp³-hybridized carbons (Fsp3) is 0.250. The summed E-state index contributed by atoms with van der Waals surface area (Å²) in [6.45, 7) is 1.34. The zero-order valence-electron chi connectivity index (χ0n) is 11.7. The second-order valence-electron chi connectivity index (χ2n) is 5.18. The summed E-state index contributed by atoms with van der Waals surface area (Å²) in [6.07, 6.45) is 3.63. The number of nitrogens with zero attached hydrogens (tertiary/aromatic N) is 2. The Bertz CT molecular complexity index is 656. The van der Waals surface area contributed by atoms with E-state index in [4.69, 9.17) is 5.84 Å². The van der Waals surface area contributed by atoms with Crippen LogP contribution in [0, 0.1) is 0 Å². The van der Waals surface area contributed by atoms with Crippen molar-refractivity contribution < 1.29 is 4.79 Å². The molecule has 0 saturated heterocycles. The summed E-state index contributed by atoms with van der Waals surface area (Å²) in [7, 11) is 0. The third-order valence-corrected chi connectivity index (χ3v) is 3.75. The summed E-state index contributed by atoms with van der Waals surface area (Å²) in [4.78, 5) is 18.6. The molecule has 108 valence electrons. The van der Waals surface area contributed by atoms with E-state index >= 15 is 0 Å². The SMILES string of the molecule is NNc1cc(CN2CCCc3ccccc3C2=O)ccn1. The van der Waals surface area contributed by atoms with E-state index < -0.39 is 0 Å². The summed E-state index contributed by atoms with van der Waals surface area (Å²) < 4.78 is 0. The zero-order chi connectivity index (χ0) is 14.7. The van der Waals surface area contributed by atoms with Gasteiger partial charge in [-0.15, -0.1) is 0 Å². The van der Waals surface area contributed by atoms with E-state index in [2.05, 4.69) is 10.4 Å². The van der Waals surface area contributed by atoms with Crippen molar-refractivity contribution in [3.05, 3.63) is 59.3 Å². The molecule has 1 aliphatic heterocycles. The maximum atomic E-state index is 12.7. The van der Waals surface area contributed by atoms with Crippen molar-refractivity contribution >= 4 is 11.7 Å². The predicted molar refractivity (Wildman–Crippen MR) is 81.6 cm³/mol. The van der Waals surface area contributed by atoms with Crippen molar-refractivity contribution in [3.8, 4) is 0 Å². The summed E-state index contributed by atoms with van der Waals surface area (Å²) in [5.41, 5.74) is 5.51. The minimum absolute atomic E-state index is 0.0992. The van der Waals surface area contributed by atoms with E-state index in [1.807, 2.05) is 41.3 Å².